The molecule has 0 spiro atoms. The lowest BCUT2D eigenvalue weighted by atomic mass is 10.1. The highest BCUT2D eigenvalue weighted by Gasteiger charge is 2.40. The van der Waals surface area contributed by atoms with Crippen LogP contribution < -0.4 is 15.0 Å². The number of nitrogens with one attached hydrogen (secondary N) is 1. The quantitative estimate of drug-likeness (QED) is 0.573. The van der Waals surface area contributed by atoms with Gasteiger partial charge in [-0.2, -0.15) is 4.98 Å². The zero-order chi connectivity index (χ0) is 23.6. The van der Waals surface area contributed by atoms with E-state index >= 15 is 0 Å². The fourth-order valence-electron chi connectivity index (χ4n) is 3.86. The second-order valence-electron chi connectivity index (χ2n) is 9.88. The highest BCUT2D eigenvalue weighted by molar-refractivity contribution is 5.89. The van der Waals surface area contributed by atoms with E-state index in [9.17, 15) is 4.79 Å². The van der Waals surface area contributed by atoms with Crippen LogP contribution in [0.2, 0.25) is 0 Å². The summed E-state index contributed by atoms with van der Waals surface area (Å²) < 4.78 is 17.2. The fourth-order valence-corrected chi connectivity index (χ4v) is 3.86. The number of hydrogen-bond donors (Lipinski definition) is 1. The number of rotatable bonds is 9. The molecule has 178 valence electrons. The minimum absolute atomic E-state index is 0.0257. The first kappa shape index (κ1) is 23.3. The van der Waals surface area contributed by atoms with Crippen LogP contribution in [-0.4, -0.2) is 47.0 Å². The van der Waals surface area contributed by atoms with Crippen molar-refractivity contribution < 1.29 is 19.0 Å². The molecule has 1 amide bonds. The first-order chi connectivity index (χ1) is 15.7. The summed E-state index contributed by atoms with van der Waals surface area (Å²) in [5.41, 5.74) is 0.761. The zero-order valence-corrected chi connectivity index (χ0v) is 20.1. The normalized spacial score (nSPS) is 20.3. The number of hydrogen-bond acceptors (Lipinski definition) is 7. The molecule has 8 heteroatoms. The second kappa shape index (κ2) is 9.55. The Morgan fingerprint density at radius 3 is 2.58 bits per heavy atom. The second-order valence-corrected chi connectivity index (χ2v) is 9.88. The van der Waals surface area contributed by atoms with Crippen molar-refractivity contribution in [2.75, 3.05) is 23.4 Å². The molecular formula is C25H34N4O4. The standard InChI is InChI=1S/C25H34N4O4/c1-16(19-8-10-20(11-9-19)31-14-18-6-7-18)27-23-26-13-12-22(28-23)29-21(15-32-24(29)30)17(2)33-25(3,4)5/h8-13,16-18,21H,6-7,14-15H2,1-5H3,(H,26,27,28)/t16-,17+,21+/m0/s1. The minimum Gasteiger partial charge on any atom is -0.493 e. The lowest BCUT2D eigenvalue weighted by Gasteiger charge is -2.31. The van der Waals surface area contributed by atoms with E-state index in [2.05, 4.69) is 15.3 Å². The zero-order valence-electron chi connectivity index (χ0n) is 20.1. The van der Waals surface area contributed by atoms with Gasteiger partial charge in [0, 0.05) is 6.20 Å². The lowest BCUT2D eigenvalue weighted by Crippen LogP contribution is -2.45. The molecular weight excluding hydrogens is 420 g/mol. The highest BCUT2D eigenvalue weighted by Crippen LogP contribution is 2.30. The van der Waals surface area contributed by atoms with Crippen molar-refractivity contribution in [2.45, 2.75) is 71.2 Å². The Balaban J connectivity index is 1.42. The number of amides is 1. The molecule has 0 radical (unpaired) electrons. The molecule has 1 aliphatic heterocycles. The van der Waals surface area contributed by atoms with Gasteiger partial charge in [-0.1, -0.05) is 12.1 Å². The summed E-state index contributed by atoms with van der Waals surface area (Å²) >= 11 is 0. The van der Waals surface area contributed by atoms with E-state index in [-0.39, 0.29) is 30.4 Å². The van der Waals surface area contributed by atoms with Crippen molar-refractivity contribution in [1.29, 1.82) is 0 Å². The Morgan fingerprint density at radius 2 is 1.91 bits per heavy atom. The van der Waals surface area contributed by atoms with Gasteiger partial charge in [-0.3, -0.25) is 4.90 Å². The molecule has 2 aliphatic rings. The number of nitrogens with zero attached hydrogens (tertiary/aromatic N) is 3. The molecule has 33 heavy (non-hydrogen) atoms. The van der Waals surface area contributed by atoms with E-state index in [0.29, 0.717) is 11.8 Å². The Bertz CT molecular complexity index is 956. The van der Waals surface area contributed by atoms with Gasteiger partial charge in [0.05, 0.1) is 24.4 Å². The van der Waals surface area contributed by atoms with Crippen LogP contribution in [0.1, 0.15) is 59.1 Å². The van der Waals surface area contributed by atoms with Crippen molar-refractivity contribution in [1.82, 2.24) is 9.97 Å². The SMILES string of the molecule is C[C@H](Nc1nccc(N2C(=O)OC[C@@H]2[C@@H](C)OC(C)(C)C)n1)c1ccc(OCC2CC2)cc1. The van der Waals surface area contributed by atoms with Crippen molar-refractivity contribution >= 4 is 17.9 Å². The smallest absolute Gasteiger partial charge is 0.416 e. The van der Waals surface area contributed by atoms with E-state index < -0.39 is 6.09 Å². The van der Waals surface area contributed by atoms with Gasteiger partial charge in [-0.15, -0.1) is 0 Å². The highest BCUT2D eigenvalue weighted by atomic mass is 16.6. The molecule has 0 unspecified atom stereocenters. The Hall–Kier alpha value is -2.87. The number of carbonyl (C=O) groups is 1. The van der Waals surface area contributed by atoms with Crippen molar-refractivity contribution in [3.05, 3.63) is 42.1 Å². The molecule has 1 N–H and O–H groups in total. The summed E-state index contributed by atoms with van der Waals surface area (Å²) in [6, 6.07) is 9.50. The van der Waals surface area contributed by atoms with Crippen LogP contribution >= 0.6 is 0 Å². The summed E-state index contributed by atoms with van der Waals surface area (Å²) in [6.45, 7) is 11.0. The van der Waals surface area contributed by atoms with Crippen LogP contribution in [0.5, 0.6) is 5.75 Å². The largest absolute Gasteiger partial charge is 0.493 e. The van der Waals surface area contributed by atoms with Gasteiger partial charge in [-0.05, 0) is 77.1 Å². The van der Waals surface area contributed by atoms with Gasteiger partial charge in [-0.25, -0.2) is 9.78 Å². The number of benzene rings is 1. The maximum Gasteiger partial charge on any atom is 0.416 e. The van der Waals surface area contributed by atoms with E-state index in [1.54, 1.807) is 17.2 Å². The molecule has 1 aliphatic carbocycles. The van der Waals surface area contributed by atoms with E-state index in [4.69, 9.17) is 14.2 Å². The third-order valence-electron chi connectivity index (χ3n) is 5.78. The van der Waals surface area contributed by atoms with Gasteiger partial charge in [0.2, 0.25) is 5.95 Å². The average molecular weight is 455 g/mol. The number of carbonyl (C=O) groups excluding carboxylic acids is 1. The van der Waals surface area contributed by atoms with Gasteiger partial charge in [0.25, 0.3) is 0 Å². The minimum atomic E-state index is -0.427. The van der Waals surface area contributed by atoms with Crippen LogP contribution in [0.15, 0.2) is 36.5 Å². The molecule has 1 aromatic heterocycles. The monoisotopic (exact) mass is 454 g/mol. The lowest BCUT2D eigenvalue weighted by molar-refractivity contribution is -0.0618. The van der Waals surface area contributed by atoms with Crippen LogP contribution in [-0.2, 0) is 9.47 Å². The molecule has 8 nitrogen and oxygen atoms in total. The number of cyclic esters (lactones) is 1. The third kappa shape index (κ3) is 6.13. The Kier molecular flexibility index (Phi) is 6.74. The molecule has 4 rings (SSSR count). The predicted molar refractivity (Wildman–Crippen MR) is 127 cm³/mol. The maximum absolute atomic E-state index is 12.5. The number of ether oxygens (including phenoxy) is 3. The first-order valence-corrected chi connectivity index (χ1v) is 11.7. The molecule has 0 bridgehead atoms. The van der Waals surface area contributed by atoms with Crippen molar-refractivity contribution in [3.8, 4) is 5.75 Å². The van der Waals surface area contributed by atoms with Crippen molar-refractivity contribution in [2.24, 2.45) is 5.92 Å². The molecule has 1 aromatic carbocycles. The maximum atomic E-state index is 12.5. The van der Waals surface area contributed by atoms with Gasteiger partial charge >= 0.3 is 6.09 Å². The molecule has 1 saturated carbocycles. The van der Waals surface area contributed by atoms with E-state index in [1.807, 2.05) is 58.9 Å². The average Bonchev–Trinajstić information content (AvgIpc) is 3.51. The summed E-state index contributed by atoms with van der Waals surface area (Å²) in [6.07, 6.45) is 3.54. The molecule has 2 aromatic rings. The van der Waals surface area contributed by atoms with Crippen molar-refractivity contribution in [3.63, 3.8) is 0 Å². The van der Waals surface area contributed by atoms with E-state index in [1.165, 1.54) is 12.8 Å². The summed E-state index contributed by atoms with van der Waals surface area (Å²) in [5, 5.41) is 3.33. The fraction of sp³-hybridized carbons (Fsp3) is 0.560. The van der Waals surface area contributed by atoms with Crippen LogP contribution in [0.4, 0.5) is 16.6 Å². The molecule has 1 saturated heterocycles. The number of anilines is 2. The van der Waals surface area contributed by atoms with Gasteiger partial charge in [0.1, 0.15) is 24.2 Å². The predicted octanol–water partition coefficient (Wildman–Crippen LogP) is 4.97. The van der Waals surface area contributed by atoms with Gasteiger partial charge < -0.3 is 19.5 Å². The summed E-state index contributed by atoms with van der Waals surface area (Å²) in [7, 11) is 0. The Morgan fingerprint density at radius 1 is 1.18 bits per heavy atom. The van der Waals surface area contributed by atoms with Crippen LogP contribution in [0.25, 0.3) is 0 Å². The summed E-state index contributed by atoms with van der Waals surface area (Å²) in [5.74, 6) is 2.55. The molecule has 2 fully saturated rings. The Labute approximate surface area is 195 Å². The summed E-state index contributed by atoms with van der Waals surface area (Å²) in [4.78, 5) is 23.0. The topological polar surface area (TPSA) is 85.8 Å². The van der Waals surface area contributed by atoms with E-state index in [0.717, 1.165) is 23.8 Å². The van der Waals surface area contributed by atoms with Crippen LogP contribution in [0, 0.1) is 5.92 Å². The first-order valence-electron chi connectivity index (χ1n) is 11.7. The third-order valence-corrected chi connectivity index (χ3v) is 5.78. The van der Waals surface area contributed by atoms with Gasteiger partial charge in [0.15, 0.2) is 0 Å². The molecule has 2 heterocycles. The van der Waals surface area contributed by atoms with Crippen LogP contribution in [0.3, 0.4) is 0 Å². The molecule has 3 atom stereocenters. The number of aromatic nitrogens is 2.